The lowest BCUT2D eigenvalue weighted by Gasteiger charge is -2.26. The first kappa shape index (κ1) is 20.6. The fraction of sp³-hybridized carbons (Fsp3) is 0.364. The van der Waals surface area contributed by atoms with Gasteiger partial charge in [-0.1, -0.05) is 50.2 Å². The van der Waals surface area contributed by atoms with E-state index in [1.807, 2.05) is 32.0 Å². The average molecular weight is 370 g/mol. The molecule has 0 aliphatic heterocycles. The zero-order valence-electron chi connectivity index (χ0n) is 16.2. The van der Waals surface area contributed by atoms with E-state index in [1.54, 1.807) is 18.2 Å². The minimum absolute atomic E-state index is 0.0450. The number of aryl methyl sites for hydroxylation is 2. The van der Waals surface area contributed by atoms with Crippen LogP contribution in [0.5, 0.6) is 0 Å². The van der Waals surface area contributed by atoms with Crippen molar-refractivity contribution >= 4 is 17.5 Å². The maximum Gasteiger partial charge on any atom is 0.240 e. The number of nitrogens with one attached hydrogen (secondary N) is 1. The second kappa shape index (κ2) is 9.86. The van der Waals surface area contributed by atoms with Gasteiger partial charge in [0.25, 0.3) is 0 Å². The summed E-state index contributed by atoms with van der Waals surface area (Å²) in [7, 11) is 0. The molecule has 1 N–H and O–H groups in total. The molecule has 4 nitrogen and oxygen atoms in total. The van der Waals surface area contributed by atoms with Gasteiger partial charge in [-0.25, -0.2) is 4.39 Å². The second-order valence-electron chi connectivity index (χ2n) is 6.43. The lowest BCUT2D eigenvalue weighted by Crippen LogP contribution is -2.41. The maximum absolute atomic E-state index is 13.7. The van der Waals surface area contributed by atoms with E-state index in [-0.39, 0.29) is 24.2 Å². The highest BCUT2D eigenvalue weighted by Crippen LogP contribution is 2.27. The molecule has 2 aromatic rings. The SMILES string of the molecule is CCc1cccc(CC)c1N(CC(=O)NCCc1ccccc1F)C(C)=O. The standard InChI is InChI=1S/C22H27FN2O2/c1-4-17-10-8-11-18(5-2)22(17)25(16(3)26)15-21(27)24-14-13-19-9-6-7-12-20(19)23/h6-12H,4-5,13-15H2,1-3H3,(H,24,27). The Balaban J connectivity index is 2.07. The number of benzene rings is 2. The fourth-order valence-electron chi connectivity index (χ4n) is 3.15. The van der Waals surface area contributed by atoms with E-state index in [1.165, 1.54) is 17.9 Å². The van der Waals surface area contributed by atoms with Crippen LogP contribution in [0.25, 0.3) is 0 Å². The number of carbonyl (C=O) groups is 2. The highest BCUT2D eigenvalue weighted by molar-refractivity contribution is 5.98. The smallest absolute Gasteiger partial charge is 0.240 e. The molecule has 2 aromatic carbocycles. The molecular weight excluding hydrogens is 343 g/mol. The van der Waals surface area contributed by atoms with Crippen molar-refractivity contribution in [2.75, 3.05) is 18.0 Å². The largest absolute Gasteiger partial charge is 0.354 e. The third-order valence-corrected chi connectivity index (χ3v) is 4.59. The molecule has 0 aromatic heterocycles. The topological polar surface area (TPSA) is 49.4 Å². The summed E-state index contributed by atoms with van der Waals surface area (Å²) in [4.78, 5) is 26.2. The number of halogens is 1. The summed E-state index contributed by atoms with van der Waals surface area (Å²) in [5.74, 6) is -0.703. The minimum atomic E-state index is -0.276. The van der Waals surface area contributed by atoms with Crippen LogP contribution in [0.4, 0.5) is 10.1 Å². The van der Waals surface area contributed by atoms with Crippen molar-refractivity contribution in [3.63, 3.8) is 0 Å². The van der Waals surface area contributed by atoms with Gasteiger partial charge in [0.15, 0.2) is 0 Å². The molecule has 0 aliphatic carbocycles. The van der Waals surface area contributed by atoms with Gasteiger partial charge >= 0.3 is 0 Å². The first-order valence-electron chi connectivity index (χ1n) is 9.36. The molecule has 0 radical (unpaired) electrons. The Labute approximate surface area is 160 Å². The number of anilines is 1. The number of para-hydroxylation sites is 1. The van der Waals surface area contributed by atoms with Crippen LogP contribution in [-0.2, 0) is 28.9 Å². The van der Waals surface area contributed by atoms with Crippen molar-refractivity contribution in [3.05, 3.63) is 65.0 Å². The average Bonchev–Trinajstić information content (AvgIpc) is 2.66. The quantitative estimate of drug-likeness (QED) is 0.771. The van der Waals surface area contributed by atoms with Crippen LogP contribution >= 0.6 is 0 Å². The lowest BCUT2D eigenvalue weighted by molar-refractivity contribution is -0.123. The molecule has 27 heavy (non-hydrogen) atoms. The summed E-state index contributed by atoms with van der Waals surface area (Å²) in [6.07, 6.45) is 1.97. The molecule has 0 atom stereocenters. The summed E-state index contributed by atoms with van der Waals surface area (Å²) in [6.45, 7) is 5.81. The number of carbonyl (C=O) groups excluding carboxylic acids is 2. The van der Waals surface area contributed by atoms with Crippen LogP contribution < -0.4 is 10.2 Å². The molecule has 0 fully saturated rings. The first-order chi connectivity index (χ1) is 13.0. The van der Waals surface area contributed by atoms with Crippen molar-refractivity contribution in [1.82, 2.24) is 5.32 Å². The molecule has 0 aliphatic rings. The Hall–Kier alpha value is -2.69. The predicted molar refractivity (Wildman–Crippen MR) is 106 cm³/mol. The number of nitrogens with zero attached hydrogens (tertiary/aromatic N) is 1. The van der Waals surface area contributed by atoms with Gasteiger partial charge in [0.1, 0.15) is 12.4 Å². The Morgan fingerprint density at radius 2 is 1.56 bits per heavy atom. The molecule has 2 rings (SSSR count). The maximum atomic E-state index is 13.7. The summed E-state index contributed by atoms with van der Waals surface area (Å²) in [5.41, 5.74) is 3.48. The van der Waals surface area contributed by atoms with Gasteiger partial charge in [-0.2, -0.15) is 0 Å². The number of hydrogen-bond acceptors (Lipinski definition) is 2. The highest BCUT2D eigenvalue weighted by Gasteiger charge is 2.20. The van der Waals surface area contributed by atoms with E-state index >= 15 is 0 Å². The molecule has 2 amide bonds. The molecule has 0 heterocycles. The summed E-state index contributed by atoms with van der Waals surface area (Å²) in [5, 5.41) is 2.79. The molecule has 0 bridgehead atoms. The van der Waals surface area contributed by atoms with Crippen LogP contribution in [0.3, 0.4) is 0 Å². The van der Waals surface area contributed by atoms with Gasteiger partial charge in [0, 0.05) is 13.5 Å². The molecule has 0 unspecified atom stereocenters. The Morgan fingerprint density at radius 3 is 2.11 bits per heavy atom. The zero-order valence-corrected chi connectivity index (χ0v) is 16.2. The van der Waals surface area contributed by atoms with Crippen molar-refractivity contribution in [2.24, 2.45) is 0 Å². The van der Waals surface area contributed by atoms with Gasteiger partial charge in [-0.05, 0) is 42.0 Å². The van der Waals surface area contributed by atoms with Crippen LogP contribution in [0.15, 0.2) is 42.5 Å². The normalized spacial score (nSPS) is 10.5. The zero-order chi connectivity index (χ0) is 19.8. The van der Waals surface area contributed by atoms with Crippen LogP contribution in [0.1, 0.15) is 37.5 Å². The predicted octanol–water partition coefficient (Wildman–Crippen LogP) is 3.66. The summed E-state index contributed by atoms with van der Waals surface area (Å²) >= 11 is 0. The van der Waals surface area contributed by atoms with E-state index in [0.29, 0.717) is 18.5 Å². The first-order valence-corrected chi connectivity index (χ1v) is 9.36. The lowest BCUT2D eigenvalue weighted by atomic mass is 10.0. The van der Waals surface area contributed by atoms with Crippen molar-refractivity contribution < 1.29 is 14.0 Å². The van der Waals surface area contributed by atoms with Crippen molar-refractivity contribution in [1.29, 1.82) is 0 Å². The third-order valence-electron chi connectivity index (χ3n) is 4.59. The van der Waals surface area contributed by atoms with Gasteiger partial charge in [-0.3, -0.25) is 9.59 Å². The van der Waals surface area contributed by atoms with E-state index in [2.05, 4.69) is 5.32 Å². The van der Waals surface area contributed by atoms with E-state index in [9.17, 15) is 14.0 Å². The van der Waals surface area contributed by atoms with Crippen molar-refractivity contribution in [2.45, 2.75) is 40.0 Å². The van der Waals surface area contributed by atoms with Crippen LogP contribution in [0.2, 0.25) is 0 Å². The monoisotopic (exact) mass is 370 g/mol. The fourth-order valence-corrected chi connectivity index (χ4v) is 3.15. The molecule has 0 spiro atoms. The minimum Gasteiger partial charge on any atom is -0.354 e. The molecule has 144 valence electrons. The van der Waals surface area contributed by atoms with Crippen molar-refractivity contribution in [3.8, 4) is 0 Å². The van der Waals surface area contributed by atoms with Gasteiger partial charge in [-0.15, -0.1) is 0 Å². The molecule has 0 saturated carbocycles. The van der Waals surface area contributed by atoms with Gasteiger partial charge in [0.05, 0.1) is 5.69 Å². The van der Waals surface area contributed by atoms with E-state index < -0.39 is 0 Å². The Morgan fingerprint density at radius 1 is 0.963 bits per heavy atom. The van der Waals surface area contributed by atoms with Crippen LogP contribution in [0, 0.1) is 5.82 Å². The van der Waals surface area contributed by atoms with Crippen LogP contribution in [-0.4, -0.2) is 24.9 Å². The van der Waals surface area contributed by atoms with Gasteiger partial charge in [0.2, 0.25) is 11.8 Å². The van der Waals surface area contributed by atoms with Gasteiger partial charge < -0.3 is 10.2 Å². The summed E-state index contributed by atoms with van der Waals surface area (Å²) in [6, 6.07) is 12.5. The van der Waals surface area contributed by atoms with E-state index in [0.717, 1.165) is 29.7 Å². The number of rotatable bonds is 8. The second-order valence-corrected chi connectivity index (χ2v) is 6.43. The highest BCUT2D eigenvalue weighted by atomic mass is 19.1. The Bertz CT molecular complexity index is 782. The molecule has 0 saturated heterocycles. The van der Waals surface area contributed by atoms with E-state index in [4.69, 9.17) is 0 Å². The number of hydrogen-bond donors (Lipinski definition) is 1. The molecule has 5 heteroatoms. The third kappa shape index (κ3) is 5.39. The summed E-state index contributed by atoms with van der Waals surface area (Å²) < 4.78 is 13.7. The Kier molecular flexibility index (Phi) is 7.53. The number of amides is 2. The molecular formula is C22H27FN2O2.